The summed E-state index contributed by atoms with van der Waals surface area (Å²) in [6.07, 6.45) is 2.51. The number of hydrogen-bond acceptors (Lipinski definition) is 2. The minimum Gasteiger partial charge on any atom is -0.497 e. The van der Waals surface area contributed by atoms with E-state index in [0.29, 0.717) is 17.9 Å². The lowest BCUT2D eigenvalue weighted by atomic mass is 9.80. The maximum Gasteiger partial charge on any atom is 0.118 e. The molecule has 1 N–H and O–H groups in total. The fraction of sp³-hybridized carbons (Fsp3) is 0.368. The van der Waals surface area contributed by atoms with Gasteiger partial charge in [-0.25, -0.2) is 0 Å². The number of ether oxygens (including phenoxy) is 1. The third kappa shape index (κ3) is 2.22. The second kappa shape index (κ2) is 5.60. The molecule has 0 amide bonds. The average molecular weight is 314 g/mol. The molecule has 0 radical (unpaired) electrons. The van der Waals surface area contributed by atoms with Gasteiger partial charge < -0.3 is 10.1 Å². The van der Waals surface area contributed by atoms with Gasteiger partial charge in [0.15, 0.2) is 0 Å². The Hall–Kier alpha value is -1.51. The van der Waals surface area contributed by atoms with E-state index < -0.39 is 0 Å². The van der Waals surface area contributed by atoms with E-state index in [1.807, 2.05) is 6.07 Å². The SMILES string of the molecule is COc1ccc(C2c3cc(Cl)ccc3C3NCCCC32)cc1. The predicted octanol–water partition coefficient (Wildman–Crippen LogP) is 4.53. The van der Waals surface area contributed by atoms with Gasteiger partial charge in [0.25, 0.3) is 0 Å². The van der Waals surface area contributed by atoms with Crippen LogP contribution in [0.4, 0.5) is 0 Å². The molecule has 22 heavy (non-hydrogen) atoms. The fourth-order valence-corrected chi connectivity index (χ4v) is 4.36. The normalized spacial score (nSPS) is 26.4. The second-order valence-corrected chi connectivity index (χ2v) is 6.70. The molecule has 3 atom stereocenters. The molecule has 0 spiro atoms. The Kier molecular flexibility index (Phi) is 3.59. The summed E-state index contributed by atoms with van der Waals surface area (Å²) in [6, 6.07) is 15.4. The highest BCUT2D eigenvalue weighted by molar-refractivity contribution is 6.30. The van der Waals surface area contributed by atoms with Crippen LogP contribution in [0.15, 0.2) is 42.5 Å². The van der Waals surface area contributed by atoms with Gasteiger partial charge in [-0.2, -0.15) is 0 Å². The van der Waals surface area contributed by atoms with Gasteiger partial charge in [0.1, 0.15) is 5.75 Å². The number of hydrogen-bond donors (Lipinski definition) is 1. The van der Waals surface area contributed by atoms with Crippen LogP contribution < -0.4 is 10.1 Å². The van der Waals surface area contributed by atoms with Crippen molar-refractivity contribution in [2.75, 3.05) is 13.7 Å². The van der Waals surface area contributed by atoms with Crippen molar-refractivity contribution in [2.24, 2.45) is 5.92 Å². The van der Waals surface area contributed by atoms with Crippen molar-refractivity contribution in [2.45, 2.75) is 24.8 Å². The summed E-state index contributed by atoms with van der Waals surface area (Å²) in [5.74, 6) is 1.96. The van der Waals surface area contributed by atoms with Crippen LogP contribution in [0.5, 0.6) is 5.75 Å². The van der Waals surface area contributed by atoms with E-state index in [1.54, 1.807) is 7.11 Å². The Labute approximate surface area is 136 Å². The number of nitrogens with one attached hydrogen (secondary N) is 1. The first-order valence-corrected chi connectivity index (χ1v) is 8.32. The topological polar surface area (TPSA) is 21.3 Å². The summed E-state index contributed by atoms with van der Waals surface area (Å²) in [7, 11) is 1.71. The Bertz CT molecular complexity index is 682. The summed E-state index contributed by atoms with van der Waals surface area (Å²) in [5.41, 5.74) is 4.18. The van der Waals surface area contributed by atoms with E-state index in [4.69, 9.17) is 16.3 Å². The van der Waals surface area contributed by atoms with Gasteiger partial charge in [-0.15, -0.1) is 0 Å². The molecule has 2 aromatic rings. The zero-order valence-corrected chi connectivity index (χ0v) is 13.4. The van der Waals surface area contributed by atoms with Crippen molar-refractivity contribution < 1.29 is 4.74 Å². The molecule has 1 fully saturated rings. The zero-order chi connectivity index (χ0) is 15.1. The molecule has 2 nitrogen and oxygen atoms in total. The molecule has 1 saturated heterocycles. The van der Waals surface area contributed by atoms with Crippen LogP contribution in [-0.2, 0) is 0 Å². The highest BCUT2D eigenvalue weighted by atomic mass is 35.5. The van der Waals surface area contributed by atoms with Gasteiger partial charge in [-0.05, 0) is 66.3 Å². The maximum absolute atomic E-state index is 6.28. The Morgan fingerprint density at radius 1 is 1.09 bits per heavy atom. The van der Waals surface area contributed by atoms with Crippen LogP contribution in [0.3, 0.4) is 0 Å². The largest absolute Gasteiger partial charge is 0.497 e. The van der Waals surface area contributed by atoms with Crippen molar-refractivity contribution in [3.05, 3.63) is 64.2 Å². The molecule has 3 heteroatoms. The van der Waals surface area contributed by atoms with Crippen LogP contribution in [0.2, 0.25) is 5.02 Å². The molecule has 0 aromatic heterocycles. The van der Waals surface area contributed by atoms with E-state index in [0.717, 1.165) is 17.3 Å². The molecular formula is C19H20ClNO. The Morgan fingerprint density at radius 3 is 2.68 bits per heavy atom. The average Bonchev–Trinajstić information content (AvgIpc) is 2.88. The third-order valence-electron chi connectivity index (χ3n) is 5.13. The highest BCUT2D eigenvalue weighted by Crippen LogP contribution is 2.52. The van der Waals surface area contributed by atoms with E-state index in [1.165, 1.54) is 29.5 Å². The van der Waals surface area contributed by atoms with Crippen molar-refractivity contribution >= 4 is 11.6 Å². The monoisotopic (exact) mass is 313 g/mol. The quantitative estimate of drug-likeness (QED) is 0.879. The van der Waals surface area contributed by atoms with Crippen LogP contribution in [0, 0.1) is 5.92 Å². The van der Waals surface area contributed by atoms with Gasteiger partial charge in [-0.3, -0.25) is 0 Å². The lowest BCUT2D eigenvalue weighted by Gasteiger charge is -2.31. The summed E-state index contributed by atoms with van der Waals surface area (Å²) in [6.45, 7) is 1.11. The molecule has 2 aromatic carbocycles. The fourth-order valence-electron chi connectivity index (χ4n) is 4.18. The third-order valence-corrected chi connectivity index (χ3v) is 5.36. The number of halogens is 1. The van der Waals surface area contributed by atoms with Crippen LogP contribution in [-0.4, -0.2) is 13.7 Å². The minimum atomic E-state index is 0.428. The molecule has 1 aliphatic carbocycles. The number of fused-ring (bicyclic) bond motifs is 3. The standard InChI is InChI=1S/C19H20ClNO/c1-22-14-7-4-12(5-8-14)18-16-3-2-10-21-19(16)15-9-6-13(20)11-17(15)18/h4-9,11,16,18-19,21H,2-3,10H2,1H3. The van der Waals surface area contributed by atoms with Crippen molar-refractivity contribution in [3.63, 3.8) is 0 Å². The van der Waals surface area contributed by atoms with Gasteiger partial charge in [0.2, 0.25) is 0 Å². The summed E-state index contributed by atoms with van der Waals surface area (Å²) in [5, 5.41) is 4.54. The molecular weight excluding hydrogens is 294 g/mol. The Balaban J connectivity index is 1.81. The number of piperidine rings is 1. The van der Waals surface area contributed by atoms with Crippen molar-refractivity contribution in [1.82, 2.24) is 5.32 Å². The molecule has 2 aliphatic rings. The maximum atomic E-state index is 6.28. The zero-order valence-electron chi connectivity index (χ0n) is 12.7. The Morgan fingerprint density at radius 2 is 1.91 bits per heavy atom. The van der Waals surface area contributed by atoms with Crippen molar-refractivity contribution in [3.8, 4) is 5.75 Å². The van der Waals surface area contributed by atoms with E-state index >= 15 is 0 Å². The van der Waals surface area contributed by atoms with Crippen LogP contribution in [0.25, 0.3) is 0 Å². The van der Waals surface area contributed by atoms with Crippen LogP contribution in [0.1, 0.15) is 41.5 Å². The van der Waals surface area contributed by atoms with Gasteiger partial charge in [0.05, 0.1) is 7.11 Å². The van der Waals surface area contributed by atoms with Gasteiger partial charge >= 0.3 is 0 Å². The number of rotatable bonds is 2. The highest BCUT2D eigenvalue weighted by Gasteiger charge is 2.42. The van der Waals surface area contributed by atoms with Gasteiger partial charge in [-0.1, -0.05) is 29.8 Å². The molecule has 3 unspecified atom stereocenters. The molecule has 0 bridgehead atoms. The first kappa shape index (κ1) is 14.1. The predicted molar refractivity (Wildman–Crippen MR) is 89.8 cm³/mol. The van der Waals surface area contributed by atoms with Gasteiger partial charge in [0, 0.05) is 17.0 Å². The summed E-state index contributed by atoms with van der Waals surface area (Å²) in [4.78, 5) is 0. The smallest absolute Gasteiger partial charge is 0.118 e. The molecule has 1 heterocycles. The van der Waals surface area contributed by atoms with Crippen molar-refractivity contribution in [1.29, 1.82) is 0 Å². The molecule has 0 saturated carbocycles. The summed E-state index contributed by atoms with van der Waals surface area (Å²) < 4.78 is 5.29. The first-order valence-electron chi connectivity index (χ1n) is 7.94. The van der Waals surface area contributed by atoms with E-state index in [-0.39, 0.29) is 0 Å². The lowest BCUT2D eigenvalue weighted by molar-refractivity contribution is 0.286. The summed E-state index contributed by atoms with van der Waals surface area (Å²) >= 11 is 6.28. The first-order chi connectivity index (χ1) is 10.8. The van der Waals surface area contributed by atoms with E-state index in [9.17, 15) is 0 Å². The second-order valence-electron chi connectivity index (χ2n) is 6.26. The minimum absolute atomic E-state index is 0.428. The number of benzene rings is 2. The molecule has 1 aliphatic heterocycles. The lowest BCUT2D eigenvalue weighted by Crippen LogP contribution is -2.32. The number of methoxy groups -OCH3 is 1. The molecule has 114 valence electrons. The van der Waals surface area contributed by atoms with Crippen LogP contribution >= 0.6 is 11.6 Å². The van der Waals surface area contributed by atoms with E-state index in [2.05, 4.69) is 41.7 Å². The molecule has 4 rings (SSSR count).